The van der Waals surface area contributed by atoms with Gasteiger partial charge in [-0.3, -0.25) is 9.80 Å². The second-order valence-corrected chi connectivity index (χ2v) is 3.72. The summed E-state index contributed by atoms with van der Waals surface area (Å²) in [5.41, 5.74) is 0. The highest BCUT2D eigenvalue weighted by Gasteiger charge is 2.12. The van der Waals surface area contributed by atoms with E-state index in [4.69, 9.17) is 12.8 Å². The zero-order chi connectivity index (χ0) is 12.4. The van der Waals surface area contributed by atoms with Crippen molar-refractivity contribution in [1.29, 1.82) is 0 Å². The second kappa shape index (κ2) is 9.24. The number of hydrogen-bond donors (Lipinski definition) is 1. The van der Waals surface area contributed by atoms with Crippen LogP contribution < -0.4 is 0 Å². The van der Waals surface area contributed by atoms with Crippen LogP contribution in [0.3, 0.4) is 0 Å². The van der Waals surface area contributed by atoms with Crippen molar-refractivity contribution in [2.75, 3.05) is 39.3 Å². The molecular weight excluding hydrogens is 200 g/mol. The number of aliphatic hydroxyl groups is 1. The van der Waals surface area contributed by atoms with Crippen LogP contribution in [0.2, 0.25) is 0 Å². The SMILES string of the molecule is C#CCN(CC)CC(O)CN(CC)CC#C. The van der Waals surface area contributed by atoms with E-state index in [1.54, 1.807) is 0 Å². The van der Waals surface area contributed by atoms with E-state index in [1.165, 1.54) is 0 Å². The monoisotopic (exact) mass is 222 g/mol. The van der Waals surface area contributed by atoms with Crippen LogP contribution in [-0.2, 0) is 0 Å². The molecule has 90 valence electrons. The molecule has 0 radical (unpaired) electrons. The number of likely N-dealkylation sites (N-methyl/N-ethyl adjacent to an activating group) is 2. The Balaban J connectivity index is 4.00. The van der Waals surface area contributed by atoms with Crippen molar-refractivity contribution in [2.45, 2.75) is 20.0 Å². The number of rotatable bonds is 8. The van der Waals surface area contributed by atoms with E-state index < -0.39 is 6.10 Å². The first-order chi connectivity index (χ1) is 7.67. The zero-order valence-electron chi connectivity index (χ0n) is 10.3. The fraction of sp³-hybridized carbons (Fsp3) is 0.692. The lowest BCUT2D eigenvalue weighted by Gasteiger charge is -2.25. The van der Waals surface area contributed by atoms with E-state index >= 15 is 0 Å². The maximum Gasteiger partial charge on any atom is 0.0794 e. The molecule has 0 heterocycles. The van der Waals surface area contributed by atoms with Gasteiger partial charge in [-0.1, -0.05) is 25.7 Å². The fourth-order valence-electron chi connectivity index (χ4n) is 1.52. The maximum atomic E-state index is 9.88. The van der Waals surface area contributed by atoms with E-state index in [0.717, 1.165) is 13.1 Å². The number of terminal acetylenes is 2. The highest BCUT2D eigenvalue weighted by molar-refractivity contribution is 4.90. The quantitative estimate of drug-likeness (QED) is 0.597. The first-order valence-electron chi connectivity index (χ1n) is 5.67. The van der Waals surface area contributed by atoms with Crippen molar-refractivity contribution in [3.05, 3.63) is 0 Å². The van der Waals surface area contributed by atoms with E-state index in [0.29, 0.717) is 26.2 Å². The summed E-state index contributed by atoms with van der Waals surface area (Å²) in [7, 11) is 0. The summed E-state index contributed by atoms with van der Waals surface area (Å²) in [6.45, 7) is 8.12. The molecule has 0 aromatic rings. The Morgan fingerprint density at radius 3 is 1.62 bits per heavy atom. The first-order valence-corrected chi connectivity index (χ1v) is 5.67. The molecule has 1 N–H and O–H groups in total. The molecule has 0 fully saturated rings. The van der Waals surface area contributed by atoms with Crippen molar-refractivity contribution in [3.63, 3.8) is 0 Å². The summed E-state index contributed by atoms with van der Waals surface area (Å²) < 4.78 is 0. The van der Waals surface area contributed by atoms with Gasteiger partial charge in [0.1, 0.15) is 0 Å². The van der Waals surface area contributed by atoms with Crippen LogP contribution in [0.4, 0.5) is 0 Å². The third kappa shape index (κ3) is 6.48. The molecule has 0 rings (SSSR count). The first kappa shape index (κ1) is 15.0. The van der Waals surface area contributed by atoms with Crippen molar-refractivity contribution < 1.29 is 5.11 Å². The van der Waals surface area contributed by atoms with Crippen LogP contribution in [0.25, 0.3) is 0 Å². The lowest BCUT2D eigenvalue weighted by atomic mass is 10.3. The van der Waals surface area contributed by atoms with Gasteiger partial charge >= 0.3 is 0 Å². The molecule has 0 aromatic heterocycles. The molecule has 16 heavy (non-hydrogen) atoms. The molecule has 0 saturated heterocycles. The van der Waals surface area contributed by atoms with Gasteiger partial charge in [0, 0.05) is 13.1 Å². The van der Waals surface area contributed by atoms with Crippen LogP contribution in [0.1, 0.15) is 13.8 Å². The Kier molecular flexibility index (Phi) is 8.66. The topological polar surface area (TPSA) is 26.7 Å². The van der Waals surface area contributed by atoms with Gasteiger partial charge in [-0.15, -0.1) is 12.8 Å². The summed E-state index contributed by atoms with van der Waals surface area (Å²) in [6.07, 6.45) is 10.1. The molecule has 0 aliphatic carbocycles. The van der Waals surface area contributed by atoms with Crippen molar-refractivity contribution in [1.82, 2.24) is 9.80 Å². The lowest BCUT2D eigenvalue weighted by molar-refractivity contribution is 0.0862. The van der Waals surface area contributed by atoms with Gasteiger partial charge < -0.3 is 5.11 Å². The van der Waals surface area contributed by atoms with Gasteiger partial charge in [0.15, 0.2) is 0 Å². The molecule has 0 aliphatic rings. The van der Waals surface area contributed by atoms with E-state index in [-0.39, 0.29) is 0 Å². The van der Waals surface area contributed by atoms with Crippen LogP contribution in [0.5, 0.6) is 0 Å². The summed E-state index contributed by atoms with van der Waals surface area (Å²) in [5, 5.41) is 9.88. The van der Waals surface area contributed by atoms with Crippen molar-refractivity contribution in [3.8, 4) is 24.7 Å². The Labute approximate surface area is 99.4 Å². The highest BCUT2D eigenvalue weighted by atomic mass is 16.3. The zero-order valence-corrected chi connectivity index (χ0v) is 10.3. The minimum absolute atomic E-state index is 0.401. The predicted molar refractivity (Wildman–Crippen MR) is 67.9 cm³/mol. The summed E-state index contributed by atoms with van der Waals surface area (Å²) >= 11 is 0. The van der Waals surface area contributed by atoms with Gasteiger partial charge in [0.25, 0.3) is 0 Å². The minimum Gasteiger partial charge on any atom is -0.390 e. The highest BCUT2D eigenvalue weighted by Crippen LogP contribution is 1.96. The third-order valence-corrected chi connectivity index (χ3v) is 2.46. The van der Waals surface area contributed by atoms with Gasteiger partial charge in [0.2, 0.25) is 0 Å². The van der Waals surface area contributed by atoms with Gasteiger partial charge in [-0.25, -0.2) is 0 Å². The van der Waals surface area contributed by atoms with E-state index in [2.05, 4.69) is 11.8 Å². The Bertz CT molecular complexity index is 226. The molecule has 0 bridgehead atoms. The van der Waals surface area contributed by atoms with Crippen LogP contribution >= 0.6 is 0 Å². The Morgan fingerprint density at radius 2 is 1.38 bits per heavy atom. The molecule has 0 aliphatic heterocycles. The normalized spacial score (nSPS) is 10.8. The maximum absolute atomic E-state index is 9.88. The number of aliphatic hydroxyl groups excluding tert-OH is 1. The van der Waals surface area contributed by atoms with E-state index in [9.17, 15) is 5.11 Å². The largest absolute Gasteiger partial charge is 0.390 e. The van der Waals surface area contributed by atoms with Crippen LogP contribution in [0, 0.1) is 24.7 Å². The Morgan fingerprint density at radius 1 is 1.00 bits per heavy atom. The van der Waals surface area contributed by atoms with Crippen molar-refractivity contribution in [2.24, 2.45) is 0 Å². The summed E-state index contributed by atoms with van der Waals surface area (Å²) in [5.74, 6) is 5.17. The third-order valence-electron chi connectivity index (χ3n) is 2.46. The van der Waals surface area contributed by atoms with E-state index in [1.807, 2.05) is 23.6 Å². The number of hydrogen-bond acceptors (Lipinski definition) is 3. The smallest absolute Gasteiger partial charge is 0.0794 e. The van der Waals surface area contributed by atoms with Crippen molar-refractivity contribution >= 4 is 0 Å². The fourth-order valence-corrected chi connectivity index (χ4v) is 1.52. The molecule has 0 atom stereocenters. The van der Waals surface area contributed by atoms with Gasteiger partial charge in [-0.05, 0) is 13.1 Å². The lowest BCUT2D eigenvalue weighted by Crippen LogP contribution is -2.40. The predicted octanol–water partition coefficient (Wildman–Crippen LogP) is 0.258. The second-order valence-electron chi connectivity index (χ2n) is 3.72. The molecule has 0 saturated carbocycles. The summed E-state index contributed by atoms with van der Waals surface area (Å²) in [4.78, 5) is 4.07. The Hall–Kier alpha value is -1.00. The molecule has 0 aromatic carbocycles. The molecular formula is C13H22N2O. The molecule has 3 heteroatoms. The molecule has 0 unspecified atom stereocenters. The standard InChI is InChI=1S/C13H22N2O/c1-5-9-14(7-3)11-13(16)12-15(8-4)10-6-2/h1-2,13,16H,7-12H2,3-4H3. The van der Waals surface area contributed by atoms with Crippen LogP contribution in [-0.4, -0.2) is 60.3 Å². The summed E-state index contributed by atoms with van der Waals surface area (Å²) in [6, 6.07) is 0. The molecule has 0 amide bonds. The number of nitrogens with zero attached hydrogens (tertiary/aromatic N) is 2. The van der Waals surface area contributed by atoms with Gasteiger partial charge in [0.05, 0.1) is 19.2 Å². The van der Waals surface area contributed by atoms with Gasteiger partial charge in [-0.2, -0.15) is 0 Å². The van der Waals surface area contributed by atoms with Crippen LogP contribution in [0.15, 0.2) is 0 Å². The average Bonchev–Trinajstić information content (AvgIpc) is 2.27. The minimum atomic E-state index is -0.401. The molecule has 3 nitrogen and oxygen atoms in total. The average molecular weight is 222 g/mol. The molecule has 0 spiro atoms.